The molecule has 3 aliphatic heterocycles. The van der Waals surface area contributed by atoms with Gasteiger partial charge >= 0.3 is 11.9 Å². The van der Waals surface area contributed by atoms with Crippen LogP contribution in [0.5, 0.6) is 0 Å². The third-order valence-electron chi connectivity index (χ3n) is 6.84. The number of hydrogen-bond donors (Lipinski definition) is 1. The Bertz CT molecular complexity index is 732. The molecule has 140 valence electrons. The van der Waals surface area contributed by atoms with E-state index in [0.717, 1.165) is 5.57 Å². The first-order valence-electron chi connectivity index (χ1n) is 9.02. The van der Waals surface area contributed by atoms with E-state index < -0.39 is 41.5 Å². The first-order chi connectivity index (χ1) is 12.3. The van der Waals surface area contributed by atoms with Crippen LogP contribution in [-0.2, 0) is 28.5 Å². The zero-order chi connectivity index (χ0) is 18.4. The fourth-order valence-corrected chi connectivity index (χ4v) is 4.96. The molecule has 0 unspecified atom stereocenters. The van der Waals surface area contributed by atoms with Crippen molar-refractivity contribution in [2.24, 2.45) is 17.8 Å². The molecule has 5 aliphatic rings. The molecule has 7 nitrogen and oxygen atoms in total. The van der Waals surface area contributed by atoms with Crippen molar-refractivity contribution in [3.8, 4) is 0 Å². The fourth-order valence-electron chi connectivity index (χ4n) is 4.96. The lowest BCUT2D eigenvalue weighted by molar-refractivity contribution is -0.154. The molecule has 0 aromatic heterocycles. The first-order valence-corrected chi connectivity index (χ1v) is 9.02. The number of esters is 2. The van der Waals surface area contributed by atoms with Gasteiger partial charge in [0, 0.05) is 17.4 Å². The minimum Gasteiger partial charge on any atom is -0.458 e. The molecule has 0 aromatic carbocycles. The second-order valence-corrected chi connectivity index (χ2v) is 8.35. The largest absolute Gasteiger partial charge is 0.458 e. The predicted octanol–water partition coefficient (Wildman–Crippen LogP) is 0.511. The number of rotatable bonds is 2. The minimum atomic E-state index is -0.888. The van der Waals surface area contributed by atoms with Crippen molar-refractivity contribution in [3.05, 3.63) is 24.3 Å². The molecule has 26 heavy (non-hydrogen) atoms. The molecule has 2 saturated carbocycles. The molecule has 0 amide bonds. The highest BCUT2D eigenvalue weighted by Gasteiger charge is 2.70. The number of carbonyl (C=O) groups is 2. The lowest BCUT2D eigenvalue weighted by Gasteiger charge is -2.28. The SMILES string of the molecule is C=C1C(=O)O[C@@H]2[C@@H]3[C@@H](C[C@H](O)[C@]34CO4)C(=C)[C@H](OC(=O)[C@]3(C)CO3)C[C@@H]12. The van der Waals surface area contributed by atoms with Crippen LogP contribution in [0.3, 0.4) is 0 Å². The van der Waals surface area contributed by atoms with Gasteiger partial charge in [0.25, 0.3) is 0 Å². The van der Waals surface area contributed by atoms with E-state index in [1.807, 2.05) is 0 Å². The van der Waals surface area contributed by atoms with Crippen LogP contribution in [0.4, 0.5) is 0 Å². The van der Waals surface area contributed by atoms with Crippen LogP contribution >= 0.6 is 0 Å². The number of carbonyl (C=O) groups excluding carboxylic acids is 2. The molecule has 5 rings (SSSR count). The van der Waals surface area contributed by atoms with Crippen molar-refractivity contribution in [1.82, 2.24) is 0 Å². The van der Waals surface area contributed by atoms with E-state index in [2.05, 4.69) is 13.2 Å². The summed E-state index contributed by atoms with van der Waals surface area (Å²) < 4.78 is 22.2. The lowest BCUT2D eigenvalue weighted by atomic mass is 9.79. The first kappa shape index (κ1) is 16.5. The quantitative estimate of drug-likeness (QED) is 0.331. The summed E-state index contributed by atoms with van der Waals surface area (Å²) in [5.41, 5.74) is -0.445. The van der Waals surface area contributed by atoms with Gasteiger partial charge in [0.1, 0.15) is 17.8 Å². The average molecular weight is 362 g/mol. The highest BCUT2D eigenvalue weighted by Crippen LogP contribution is 2.60. The van der Waals surface area contributed by atoms with Crippen LogP contribution in [0.15, 0.2) is 24.3 Å². The third-order valence-corrected chi connectivity index (χ3v) is 6.84. The molecular weight excluding hydrogens is 340 g/mol. The van der Waals surface area contributed by atoms with Crippen LogP contribution in [0.2, 0.25) is 0 Å². The standard InChI is InChI=1S/C19H22O7/c1-8-10-5-13(20)19(7-24-19)14(10)15-11(9(2)16(21)26-15)4-12(8)25-17(22)18(3)6-23-18/h10-15,20H,1-2,4-7H2,3H3/t10-,11-,12+,13-,14-,15-,18-,19+/m0/s1. The molecule has 8 atom stereocenters. The molecule has 0 aromatic rings. The van der Waals surface area contributed by atoms with Gasteiger partial charge in [-0.3, -0.25) is 0 Å². The summed E-state index contributed by atoms with van der Waals surface area (Å²) in [7, 11) is 0. The highest BCUT2D eigenvalue weighted by atomic mass is 16.6. The number of epoxide rings is 2. The molecule has 1 N–H and O–H groups in total. The molecular formula is C19H22O7. The summed E-state index contributed by atoms with van der Waals surface area (Å²) in [6.07, 6.45) is -0.805. The Balaban J connectivity index is 1.50. The van der Waals surface area contributed by atoms with Crippen LogP contribution < -0.4 is 0 Å². The Labute approximate surface area is 150 Å². The number of hydrogen-bond acceptors (Lipinski definition) is 7. The molecule has 0 bridgehead atoms. The van der Waals surface area contributed by atoms with Crippen molar-refractivity contribution >= 4 is 11.9 Å². The topological polar surface area (TPSA) is 97.9 Å². The van der Waals surface area contributed by atoms with E-state index >= 15 is 0 Å². The Morgan fingerprint density at radius 1 is 1.23 bits per heavy atom. The van der Waals surface area contributed by atoms with E-state index in [9.17, 15) is 14.7 Å². The molecule has 0 radical (unpaired) electrons. The van der Waals surface area contributed by atoms with Crippen molar-refractivity contribution in [1.29, 1.82) is 0 Å². The van der Waals surface area contributed by atoms with Gasteiger partial charge in [-0.2, -0.15) is 0 Å². The Kier molecular flexibility index (Phi) is 3.15. The van der Waals surface area contributed by atoms with Crippen molar-refractivity contribution in [2.75, 3.05) is 13.2 Å². The van der Waals surface area contributed by atoms with E-state index in [-0.39, 0.29) is 17.8 Å². The molecule has 5 fully saturated rings. The predicted molar refractivity (Wildman–Crippen MR) is 86.8 cm³/mol. The molecule has 1 spiro atoms. The van der Waals surface area contributed by atoms with E-state index in [1.54, 1.807) is 6.92 Å². The summed E-state index contributed by atoms with van der Waals surface area (Å²) in [6.45, 7) is 10.6. The maximum absolute atomic E-state index is 12.4. The van der Waals surface area contributed by atoms with Crippen LogP contribution in [0.25, 0.3) is 0 Å². The minimum absolute atomic E-state index is 0.146. The van der Waals surface area contributed by atoms with Gasteiger partial charge in [0.15, 0.2) is 5.60 Å². The second-order valence-electron chi connectivity index (χ2n) is 8.35. The summed E-state index contributed by atoms with van der Waals surface area (Å²) >= 11 is 0. The zero-order valence-corrected chi connectivity index (χ0v) is 14.6. The van der Waals surface area contributed by atoms with E-state index in [1.165, 1.54) is 0 Å². The number of aliphatic hydroxyl groups excluding tert-OH is 1. The number of aliphatic hydroxyl groups is 1. The van der Waals surface area contributed by atoms with Gasteiger partial charge in [0.05, 0.1) is 19.3 Å². The van der Waals surface area contributed by atoms with Crippen molar-refractivity contribution in [3.63, 3.8) is 0 Å². The van der Waals surface area contributed by atoms with Gasteiger partial charge in [0.2, 0.25) is 0 Å². The van der Waals surface area contributed by atoms with E-state index in [4.69, 9.17) is 18.9 Å². The van der Waals surface area contributed by atoms with Crippen LogP contribution in [0, 0.1) is 17.8 Å². The van der Waals surface area contributed by atoms with E-state index in [0.29, 0.717) is 31.6 Å². The zero-order valence-electron chi connectivity index (χ0n) is 14.6. The summed E-state index contributed by atoms with van der Waals surface area (Å²) in [5, 5.41) is 10.6. The Hall–Kier alpha value is -1.70. The molecule has 3 saturated heterocycles. The average Bonchev–Trinajstić information content (AvgIpc) is 3.49. The summed E-state index contributed by atoms with van der Waals surface area (Å²) in [6, 6.07) is 0. The van der Waals surface area contributed by atoms with Gasteiger partial charge in [-0.15, -0.1) is 0 Å². The monoisotopic (exact) mass is 362 g/mol. The van der Waals surface area contributed by atoms with Crippen LogP contribution in [0.1, 0.15) is 19.8 Å². The Morgan fingerprint density at radius 3 is 2.54 bits per heavy atom. The highest BCUT2D eigenvalue weighted by molar-refractivity contribution is 5.91. The number of fused-ring (bicyclic) bond motifs is 4. The second kappa shape index (κ2) is 4.97. The van der Waals surface area contributed by atoms with Crippen molar-refractivity contribution < 1.29 is 33.6 Å². The maximum Gasteiger partial charge on any atom is 0.341 e. The molecule has 3 heterocycles. The fraction of sp³-hybridized carbons (Fsp3) is 0.684. The van der Waals surface area contributed by atoms with Crippen LogP contribution in [-0.4, -0.2) is 59.8 Å². The van der Waals surface area contributed by atoms with Gasteiger partial charge in [-0.1, -0.05) is 13.2 Å². The van der Waals surface area contributed by atoms with Gasteiger partial charge < -0.3 is 24.1 Å². The van der Waals surface area contributed by atoms with Crippen molar-refractivity contribution in [2.45, 2.75) is 49.3 Å². The lowest BCUT2D eigenvalue weighted by Crippen LogP contribution is -2.40. The normalized spacial score (nSPS) is 51.5. The third kappa shape index (κ3) is 2.05. The number of ether oxygens (including phenoxy) is 4. The van der Waals surface area contributed by atoms with Gasteiger partial charge in [-0.05, 0) is 31.3 Å². The Morgan fingerprint density at radius 2 is 1.92 bits per heavy atom. The molecule has 2 aliphatic carbocycles. The van der Waals surface area contributed by atoms with Gasteiger partial charge in [-0.25, -0.2) is 9.59 Å². The molecule has 7 heteroatoms. The maximum atomic E-state index is 12.4. The smallest absolute Gasteiger partial charge is 0.341 e. The summed E-state index contributed by atoms with van der Waals surface area (Å²) in [5.74, 6) is -1.48. The summed E-state index contributed by atoms with van der Waals surface area (Å²) in [4.78, 5) is 24.6.